The van der Waals surface area contributed by atoms with Crippen LogP contribution in [0.3, 0.4) is 0 Å². The number of para-hydroxylation sites is 1. The minimum atomic E-state index is -0.356. The van der Waals surface area contributed by atoms with Gasteiger partial charge in [-0.25, -0.2) is 9.78 Å². The Hall–Kier alpha value is -2.66. The monoisotopic (exact) mass is 322 g/mol. The molecule has 0 aliphatic rings. The molecule has 1 N–H and O–H groups in total. The number of fused-ring (bicyclic) bond motifs is 2. The molecule has 0 bridgehead atoms. The summed E-state index contributed by atoms with van der Waals surface area (Å²) in [6, 6.07) is 15.5. The molecule has 0 radical (unpaired) electrons. The molecule has 0 spiro atoms. The predicted octanol–water partition coefficient (Wildman–Crippen LogP) is 4.50. The van der Waals surface area contributed by atoms with Gasteiger partial charge in [-0.3, -0.25) is 0 Å². The molecule has 0 fully saturated rings. The summed E-state index contributed by atoms with van der Waals surface area (Å²) >= 11 is 1.50. The minimum absolute atomic E-state index is 0.356. The van der Waals surface area contributed by atoms with Crippen molar-refractivity contribution in [2.45, 2.75) is 6.92 Å². The van der Waals surface area contributed by atoms with E-state index in [-0.39, 0.29) is 5.63 Å². The highest BCUT2D eigenvalue weighted by Crippen LogP contribution is 2.30. The van der Waals surface area contributed by atoms with Crippen molar-refractivity contribution < 1.29 is 4.42 Å². The molecular weight excluding hydrogens is 308 g/mol. The quantitative estimate of drug-likeness (QED) is 0.564. The lowest BCUT2D eigenvalue weighted by atomic mass is 10.1. The first-order valence-corrected chi connectivity index (χ1v) is 8.24. The van der Waals surface area contributed by atoms with Crippen molar-refractivity contribution in [3.05, 3.63) is 59.0 Å². The van der Waals surface area contributed by atoms with Crippen LogP contribution >= 0.6 is 11.3 Å². The molecule has 0 saturated heterocycles. The number of nitrogens with zero attached hydrogens (tertiary/aromatic N) is 1. The number of aromatic nitrogens is 1. The molecular formula is C18H14N2O2S. The highest BCUT2D eigenvalue weighted by atomic mass is 32.1. The van der Waals surface area contributed by atoms with Gasteiger partial charge in [0, 0.05) is 23.7 Å². The van der Waals surface area contributed by atoms with Gasteiger partial charge in [0.05, 0.1) is 15.8 Å². The second-order valence-electron chi connectivity index (χ2n) is 5.22. The molecule has 0 aliphatic heterocycles. The lowest BCUT2D eigenvalue weighted by Crippen LogP contribution is -2.03. The fraction of sp³-hybridized carbons (Fsp3) is 0.111. The van der Waals surface area contributed by atoms with Crippen molar-refractivity contribution >= 4 is 38.2 Å². The molecule has 0 amide bonds. The largest absolute Gasteiger partial charge is 0.422 e. The fourth-order valence-electron chi connectivity index (χ4n) is 2.56. The van der Waals surface area contributed by atoms with E-state index in [4.69, 9.17) is 4.42 Å². The molecule has 0 aliphatic carbocycles. The van der Waals surface area contributed by atoms with E-state index in [9.17, 15) is 4.79 Å². The van der Waals surface area contributed by atoms with Crippen molar-refractivity contribution in [1.29, 1.82) is 0 Å². The second-order valence-corrected chi connectivity index (χ2v) is 6.25. The molecule has 2 heterocycles. The number of anilines is 1. The van der Waals surface area contributed by atoms with Crippen LogP contribution in [0.15, 0.2) is 57.7 Å². The van der Waals surface area contributed by atoms with E-state index in [1.165, 1.54) is 11.3 Å². The van der Waals surface area contributed by atoms with Gasteiger partial charge in [0.15, 0.2) is 0 Å². The summed E-state index contributed by atoms with van der Waals surface area (Å²) in [7, 11) is 0. The van der Waals surface area contributed by atoms with Crippen LogP contribution in [-0.2, 0) is 0 Å². The van der Waals surface area contributed by atoms with E-state index in [0.717, 1.165) is 27.8 Å². The summed E-state index contributed by atoms with van der Waals surface area (Å²) in [6.45, 7) is 2.84. The minimum Gasteiger partial charge on any atom is -0.422 e. The summed E-state index contributed by atoms with van der Waals surface area (Å²) in [5.74, 6) is 0. The second kappa shape index (κ2) is 5.52. The van der Waals surface area contributed by atoms with Gasteiger partial charge in [0.1, 0.15) is 10.6 Å². The van der Waals surface area contributed by atoms with Crippen LogP contribution in [0, 0.1) is 0 Å². The summed E-state index contributed by atoms with van der Waals surface area (Å²) in [5.41, 5.74) is 2.57. The maximum Gasteiger partial charge on any atom is 0.346 e. The number of hydrogen-bond acceptors (Lipinski definition) is 5. The molecule has 23 heavy (non-hydrogen) atoms. The van der Waals surface area contributed by atoms with E-state index >= 15 is 0 Å². The van der Waals surface area contributed by atoms with Crippen LogP contribution in [0.1, 0.15) is 6.92 Å². The molecule has 4 aromatic rings. The lowest BCUT2D eigenvalue weighted by molar-refractivity contribution is 0.563. The lowest BCUT2D eigenvalue weighted by Gasteiger charge is -2.04. The van der Waals surface area contributed by atoms with Crippen LogP contribution in [0.4, 0.5) is 5.69 Å². The van der Waals surface area contributed by atoms with Crippen LogP contribution in [0.25, 0.3) is 31.8 Å². The van der Waals surface area contributed by atoms with Gasteiger partial charge in [0.25, 0.3) is 0 Å². The van der Waals surface area contributed by atoms with Gasteiger partial charge in [-0.2, -0.15) is 0 Å². The zero-order valence-electron chi connectivity index (χ0n) is 12.5. The zero-order valence-corrected chi connectivity index (χ0v) is 13.3. The third-order valence-electron chi connectivity index (χ3n) is 3.64. The first-order valence-electron chi connectivity index (χ1n) is 7.42. The van der Waals surface area contributed by atoms with Crippen LogP contribution < -0.4 is 10.9 Å². The number of thiazole rings is 1. The number of hydrogen-bond donors (Lipinski definition) is 1. The number of rotatable bonds is 3. The maximum atomic E-state index is 12.4. The van der Waals surface area contributed by atoms with Crippen molar-refractivity contribution in [2.75, 3.05) is 11.9 Å². The zero-order chi connectivity index (χ0) is 15.8. The fourth-order valence-corrected chi connectivity index (χ4v) is 3.53. The molecule has 2 aromatic heterocycles. The van der Waals surface area contributed by atoms with E-state index in [0.29, 0.717) is 16.2 Å². The van der Waals surface area contributed by atoms with E-state index in [1.807, 2.05) is 55.5 Å². The first kappa shape index (κ1) is 14.0. The van der Waals surface area contributed by atoms with Gasteiger partial charge in [-0.1, -0.05) is 12.1 Å². The Kier molecular flexibility index (Phi) is 3.35. The van der Waals surface area contributed by atoms with Gasteiger partial charge >= 0.3 is 5.63 Å². The SMILES string of the molecule is CCNc1ccc2cc(-c3nc4ccccc4s3)c(=O)oc2c1. The summed E-state index contributed by atoms with van der Waals surface area (Å²) in [5, 5.41) is 4.79. The third-order valence-corrected chi connectivity index (χ3v) is 4.71. The van der Waals surface area contributed by atoms with Crippen molar-refractivity contribution in [2.24, 2.45) is 0 Å². The molecule has 0 unspecified atom stereocenters. The number of benzene rings is 2. The van der Waals surface area contributed by atoms with E-state index in [2.05, 4.69) is 10.3 Å². The van der Waals surface area contributed by atoms with E-state index in [1.54, 1.807) is 0 Å². The molecule has 2 aromatic carbocycles. The summed E-state index contributed by atoms with van der Waals surface area (Å²) in [6.07, 6.45) is 0. The first-order chi connectivity index (χ1) is 11.2. The maximum absolute atomic E-state index is 12.4. The Morgan fingerprint density at radius 2 is 2.04 bits per heavy atom. The Balaban J connectivity index is 1.88. The van der Waals surface area contributed by atoms with E-state index < -0.39 is 0 Å². The van der Waals surface area contributed by atoms with Crippen LogP contribution in [0.2, 0.25) is 0 Å². The Morgan fingerprint density at radius 1 is 1.17 bits per heavy atom. The Morgan fingerprint density at radius 3 is 2.87 bits per heavy atom. The van der Waals surface area contributed by atoms with Crippen LogP contribution in [-0.4, -0.2) is 11.5 Å². The van der Waals surface area contributed by atoms with Gasteiger partial charge in [-0.15, -0.1) is 11.3 Å². The summed E-state index contributed by atoms with van der Waals surface area (Å²) in [4.78, 5) is 16.9. The Labute approximate surface area is 136 Å². The number of nitrogens with one attached hydrogen (secondary N) is 1. The van der Waals surface area contributed by atoms with Crippen molar-refractivity contribution in [3.8, 4) is 10.6 Å². The molecule has 4 rings (SSSR count). The molecule has 5 heteroatoms. The standard InChI is InChI=1S/C18H14N2O2S/c1-2-19-12-8-7-11-9-13(18(21)22-15(11)10-12)17-20-14-5-3-4-6-16(14)23-17/h3-10,19H,2H2,1H3. The average Bonchev–Trinajstić information content (AvgIpc) is 2.98. The third kappa shape index (κ3) is 2.49. The highest BCUT2D eigenvalue weighted by Gasteiger charge is 2.12. The predicted molar refractivity (Wildman–Crippen MR) is 95.3 cm³/mol. The van der Waals surface area contributed by atoms with Gasteiger partial charge in [-0.05, 0) is 37.3 Å². The molecule has 0 atom stereocenters. The summed E-state index contributed by atoms with van der Waals surface area (Å²) < 4.78 is 6.56. The highest BCUT2D eigenvalue weighted by molar-refractivity contribution is 7.21. The van der Waals surface area contributed by atoms with Crippen molar-refractivity contribution in [1.82, 2.24) is 4.98 Å². The van der Waals surface area contributed by atoms with Crippen LogP contribution in [0.5, 0.6) is 0 Å². The topological polar surface area (TPSA) is 55.1 Å². The molecule has 114 valence electrons. The van der Waals surface area contributed by atoms with Crippen molar-refractivity contribution in [3.63, 3.8) is 0 Å². The smallest absolute Gasteiger partial charge is 0.346 e. The molecule has 0 saturated carbocycles. The molecule has 4 nitrogen and oxygen atoms in total. The normalized spacial score (nSPS) is 11.2. The average molecular weight is 322 g/mol. The van der Waals surface area contributed by atoms with Gasteiger partial charge in [0.2, 0.25) is 0 Å². The Bertz CT molecular complexity index is 1030. The van der Waals surface area contributed by atoms with Gasteiger partial charge < -0.3 is 9.73 Å².